The zero-order chi connectivity index (χ0) is 20.7. The first-order chi connectivity index (χ1) is 12.9. The molecule has 150 valence electrons. The lowest BCUT2D eigenvalue weighted by Crippen LogP contribution is -2.44. The average Bonchev–Trinajstić information content (AvgIpc) is 2.67. The molecule has 1 rings (SSSR count). The zero-order valence-corrected chi connectivity index (χ0v) is 17.8. The van der Waals surface area contributed by atoms with Crippen LogP contribution in [0.25, 0.3) is 6.08 Å². The minimum absolute atomic E-state index is 0.150. The maximum Gasteiger partial charge on any atom is 0.528 e. The Morgan fingerprint density at radius 2 is 1.59 bits per heavy atom. The summed E-state index contributed by atoms with van der Waals surface area (Å²) in [6.07, 6.45) is 3.74. The minimum atomic E-state index is -2.51. The third kappa shape index (κ3) is 10.1. The van der Waals surface area contributed by atoms with Gasteiger partial charge < -0.3 is 18.4 Å². The van der Waals surface area contributed by atoms with Gasteiger partial charge in [0, 0.05) is 31.3 Å². The van der Waals surface area contributed by atoms with Gasteiger partial charge in [0.05, 0.1) is 0 Å². The highest BCUT2D eigenvalue weighted by molar-refractivity contribution is 6.66. The number of hydrogen-bond donors (Lipinski definition) is 1. The van der Waals surface area contributed by atoms with Crippen LogP contribution in [0, 0.1) is 5.92 Å². The lowest BCUT2D eigenvalue weighted by atomic mass is 10.0. The second-order valence-corrected chi connectivity index (χ2v) is 7.98. The molecule has 0 saturated heterocycles. The SMILES string of the molecule is C=C(C(=O)O)C(C)C=Cc1ccccc1.C=C[Si](OCC)(OCC)OCC. The van der Waals surface area contributed by atoms with Crippen molar-refractivity contribution in [3.63, 3.8) is 0 Å². The van der Waals surface area contributed by atoms with Crippen molar-refractivity contribution in [2.75, 3.05) is 19.8 Å². The molecule has 0 aromatic heterocycles. The first-order valence-electron chi connectivity index (χ1n) is 9.06. The molecule has 1 aromatic carbocycles. The topological polar surface area (TPSA) is 65.0 Å². The van der Waals surface area contributed by atoms with E-state index in [0.29, 0.717) is 19.8 Å². The second kappa shape index (κ2) is 14.1. The monoisotopic (exact) mass is 392 g/mol. The van der Waals surface area contributed by atoms with Crippen molar-refractivity contribution in [2.24, 2.45) is 5.92 Å². The van der Waals surface area contributed by atoms with E-state index in [1.165, 1.54) is 0 Å². The number of aliphatic carboxylic acids is 1. The summed E-state index contributed by atoms with van der Waals surface area (Å²) in [5.41, 5.74) is 2.94. The van der Waals surface area contributed by atoms with Gasteiger partial charge >= 0.3 is 14.8 Å². The normalized spacial score (nSPS) is 12.1. The maximum absolute atomic E-state index is 10.6. The molecule has 5 nitrogen and oxygen atoms in total. The van der Waals surface area contributed by atoms with Crippen LogP contribution in [-0.4, -0.2) is 39.7 Å². The Labute approximate surface area is 164 Å². The molecular weight excluding hydrogens is 360 g/mol. The average molecular weight is 393 g/mol. The molecule has 6 heteroatoms. The number of carbonyl (C=O) groups is 1. The van der Waals surface area contributed by atoms with Crippen LogP contribution in [-0.2, 0) is 18.1 Å². The highest BCUT2D eigenvalue weighted by atomic mass is 28.4. The van der Waals surface area contributed by atoms with Gasteiger partial charge in [-0.3, -0.25) is 0 Å². The quantitative estimate of drug-likeness (QED) is 0.435. The van der Waals surface area contributed by atoms with Crippen LogP contribution >= 0.6 is 0 Å². The van der Waals surface area contributed by atoms with Crippen LogP contribution < -0.4 is 0 Å². The highest BCUT2D eigenvalue weighted by Gasteiger charge is 2.36. The summed E-state index contributed by atoms with van der Waals surface area (Å²) in [5, 5.41) is 8.72. The predicted octanol–water partition coefficient (Wildman–Crippen LogP) is 4.74. The van der Waals surface area contributed by atoms with Crippen molar-refractivity contribution in [2.45, 2.75) is 27.7 Å². The molecule has 0 fully saturated rings. The summed E-state index contributed by atoms with van der Waals surface area (Å²) in [6, 6.07) is 9.75. The predicted molar refractivity (Wildman–Crippen MR) is 112 cm³/mol. The Bertz CT molecular complexity index is 581. The molecule has 27 heavy (non-hydrogen) atoms. The lowest BCUT2D eigenvalue weighted by Gasteiger charge is -2.24. The summed E-state index contributed by atoms with van der Waals surface area (Å²) in [4.78, 5) is 10.6. The van der Waals surface area contributed by atoms with Gasteiger partial charge in [-0.15, -0.1) is 0 Å². The molecule has 1 atom stereocenters. The van der Waals surface area contributed by atoms with Crippen molar-refractivity contribution < 1.29 is 23.2 Å². The fourth-order valence-corrected chi connectivity index (χ4v) is 3.85. The molecule has 0 aliphatic heterocycles. The van der Waals surface area contributed by atoms with Crippen LogP contribution in [0.3, 0.4) is 0 Å². The highest BCUT2D eigenvalue weighted by Crippen LogP contribution is 2.12. The number of benzene rings is 1. The van der Waals surface area contributed by atoms with E-state index in [4.69, 9.17) is 18.4 Å². The van der Waals surface area contributed by atoms with Gasteiger partial charge in [-0.25, -0.2) is 4.79 Å². The first-order valence-corrected chi connectivity index (χ1v) is 10.9. The van der Waals surface area contributed by atoms with Gasteiger partial charge in [-0.2, -0.15) is 0 Å². The number of carboxylic acid groups (broad SMARTS) is 1. The number of carboxylic acids is 1. The lowest BCUT2D eigenvalue weighted by molar-refractivity contribution is -0.133. The van der Waals surface area contributed by atoms with E-state index in [9.17, 15) is 4.79 Å². The van der Waals surface area contributed by atoms with Crippen molar-refractivity contribution in [1.82, 2.24) is 0 Å². The molecule has 0 amide bonds. The van der Waals surface area contributed by atoms with E-state index in [2.05, 4.69) is 13.2 Å². The molecule has 1 aromatic rings. The summed E-state index contributed by atoms with van der Waals surface area (Å²) in [5.74, 6) is -1.09. The molecule has 0 spiro atoms. The van der Waals surface area contributed by atoms with Crippen LogP contribution in [0.5, 0.6) is 0 Å². The summed E-state index contributed by atoms with van der Waals surface area (Å²) < 4.78 is 16.3. The molecule has 0 radical (unpaired) electrons. The van der Waals surface area contributed by atoms with Gasteiger partial charge in [-0.1, -0.05) is 62.6 Å². The second-order valence-electron chi connectivity index (χ2n) is 5.50. The Balaban J connectivity index is 0.000000516. The largest absolute Gasteiger partial charge is 0.528 e. The van der Waals surface area contributed by atoms with E-state index in [0.717, 1.165) is 5.56 Å². The summed E-state index contributed by atoms with van der Waals surface area (Å²) in [6.45, 7) is 16.6. The Hall–Kier alpha value is -1.99. The molecule has 1 unspecified atom stereocenters. The maximum atomic E-state index is 10.6. The van der Waals surface area contributed by atoms with Crippen LogP contribution in [0.2, 0.25) is 0 Å². The molecule has 0 aliphatic carbocycles. The Morgan fingerprint density at radius 3 is 1.96 bits per heavy atom. The smallest absolute Gasteiger partial charge is 0.478 e. The van der Waals surface area contributed by atoms with Crippen LogP contribution in [0.1, 0.15) is 33.3 Å². The minimum Gasteiger partial charge on any atom is -0.478 e. The Morgan fingerprint density at radius 1 is 1.11 bits per heavy atom. The molecular formula is C21H32O5Si. The van der Waals surface area contributed by atoms with Gasteiger partial charge in [-0.05, 0) is 32.0 Å². The fraction of sp³-hybridized carbons (Fsp3) is 0.381. The molecule has 0 saturated carbocycles. The van der Waals surface area contributed by atoms with Gasteiger partial charge in [0.25, 0.3) is 0 Å². The third-order valence-electron chi connectivity index (χ3n) is 3.49. The van der Waals surface area contributed by atoms with E-state index >= 15 is 0 Å². The van der Waals surface area contributed by atoms with E-state index in [1.54, 1.807) is 5.70 Å². The summed E-state index contributed by atoms with van der Waals surface area (Å²) in [7, 11) is -2.51. The van der Waals surface area contributed by atoms with Crippen molar-refractivity contribution in [3.8, 4) is 0 Å². The van der Waals surface area contributed by atoms with Crippen LogP contribution in [0.15, 0.2) is 60.8 Å². The molecule has 0 bridgehead atoms. The van der Waals surface area contributed by atoms with Crippen molar-refractivity contribution >= 4 is 20.8 Å². The molecule has 0 heterocycles. The van der Waals surface area contributed by atoms with Gasteiger partial charge in [0.1, 0.15) is 0 Å². The van der Waals surface area contributed by atoms with Crippen LogP contribution in [0.4, 0.5) is 0 Å². The third-order valence-corrected chi connectivity index (χ3v) is 6.06. The molecule has 0 aliphatic rings. The van der Waals surface area contributed by atoms with Gasteiger partial charge in [0.15, 0.2) is 0 Å². The fourth-order valence-electron chi connectivity index (χ4n) is 2.04. The van der Waals surface area contributed by atoms with E-state index in [1.807, 2.05) is 70.2 Å². The first kappa shape index (κ1) is 25.0. The summed E-state index contributed by atoms with van der Waals surface area (Å²) >= 11 is 0. The standard InChI is InChI=1S/C13H14O2.C8H18O3Si/c1-10(11(2)13(14)15)8-9-12-6-4-3-5-7-12;1-5-9-12(8-4,10-6-2)11-7-3/h3-10H,2H2,1H3,(H,14,15);8H,4-7H2,1-3H3. The number of hydrogen-bond acceptors (Lipinski definition) is 4. The van der Waals surface area contributed by atoms with Crippen molar-refractivity contribution in [3.05, 3.63) is 66.4 Å². The zero-order valence-electron chi connectivity index (χ0n) is 16.8. The number of rotatable bonds is 11. The van der Waals surface area contributed by atoms with E-state index in [-0.39, 0.29) is 11.5 Å². The Kier molecular flexibility index (Phi) is 13.1. The molecule has 1 N–H and O–H groups in total. The number of allylic oxidation sites excluding steroid dienone is 1. The van der Waals surface area contributed by atoms with Crippen molar-refractivity contribution in [1.29, 1.82) is 0 Å². The van der Waals surface area contributed by atoms with Gasteiger partial charge in [0.2, 0.25) is 0 Å². The van der Waals surface area contributed by atoms with E-state index < -0.39 is 14.8 Å².